The van der Waals surface area contributed by atoms with Crippen LogP contribution in [0.15, 0.2) is 63.3 Å². The van der Waals surface area contributed by atoms with Crippen LogP contribution in [0.4, 0.5) is 0 Å². The van der Waals surface area contributed by atoms with Crippen LogP contribution in [0.3, 0.4) is 0 Å². The van der Waals surface area contributed by atoms with Gasteiger partial charge in [0, 0.05) is 69.2 Å². The molecule has 2 aliphatic rings. The normalized spacial score (nSPS) is 18.1. The maximum absolute atomic E-state index is 15.0. The van der Waals surface area contributed by atoms with Crippen molar-refractivity contribution in [1.29, 1.82) is 0 Å². The Morgan fingerprint density at radius 3 is 2.13 bits per heavy atom. The van der Waals surface area contributed by atoms with Gasteiger partial charge in [-0.2, -0.15) is 0 Å². The van der Waals surface area contributed by atoms with Gasteiger partial charge in [-0.1, -0.05) is 19.1 Å². The largest absolute Gasteiger partial charge is 0.508 e. The Labute approximate surface area is 510 Å². The molecule has 0 saturated carbocycles. The molecule has 1 aromatic carbocycles. The Kier molecular flexibility index (Phi) is 18.2. The number of aliphatic hydroxyl groups excluding tert-OH is 1. The standard InChI is InChI=1S/C54H49N13O13S6/c1-23-37(70)17-67-44(23)52-63-35(21-85-52)50-61-32(18-83-50)43-28(9-10-29(58-43)49-64-36(22-84-49)53(79)66(11-3-4-40(72)73)16-27(69)13-41(74)75)48-62-34(20-82-48)46(77)59-30(14-38(55)71)51-65-42(24(2)86-51)47(78)56-15-39-57-33(19-81-39)45(76)60-31(54(67)80)12-25-5-7-26(68)8-6-25/h5-10,18-23,30-31,37,44,68,70H,3-4,11-17H2,1-2H3,(H2,55,71)(H,56,78)(H,59,77)(H,60,76)(H,72,73)(H,74,75)/t23-,30-,31-,37-,44-/m0/s1. The zero-order valence-corrected chi connectivity index (χ0v) is 50.0. The lowest BCUT2D eigenvalue weighted by molar-refractivity contribution is -0.140. The molecule has 1 saturated heterocycles. The minimum atomic E-state index is -1.39. The first-order valence-electron chi connectivity index (χ1n) is 26.1. The molecule has 86 heavy (non-hydrogen) atoms. The van der Waals surface area contributed by atoms with Crippen molar-refractivity contribution in [3.05, 3.63) is 112 Å². The maximum Gasteiger partial charge on any atom is 0.310 e. The number of aromatic hydroxyl groups is 1. The predicted octanol–water partition coefficient (Wildman–Crippen LogP) is 5.36. The lowest BCUT2D eigenvalue weighted by Gasteiger charge is -2.29. The molecular weight excluding hydrogens is 1230 g/mol. The van der Waals surface area contributed by atoms with Gasteiger partial charge in [0.05, 0.1) is 43.4 Å². The number of ketones is 1. The number of carbonyl (C=O) groups is 9. The molecule has 9 N–H and O–H groups in total. The summed E-state index contributed by atoms with van der Waals surface area (Å²) in [5, 5.41) is 58.2. The van der Waals surface area contributed by atoms with Gasteiger partial charge in [0.2, 0.25) is 11.8 Å². The van der Waals surface area contributed by atoms with Gasteiger partial charge < -0.3 is 51.9 Å². The van der Waals surface area contributed by atoms with Crippen molar-refractivity contribution in [3.8, 4) is 49.1 Å². The van der Waals surface area contributed by atoms with E-state index in [-0.39, 0.29) is 95.2 Å². The number of aromatic nitrogens is 7. The van der Waals surface area contributed by atoms with Crippen LogP contribution in [0.2, 0.25) is 0 Å². The predicted molar refractivity (Wildman–Crippen MR) is 316 cm³/mol. The van der Waals surface area contributed by atoms with E-state index in [9.17, 15) is 63.6 Å². The molecule has 9 heterocycles. The number of primary amides is 1. The van der Waals surface area contributed by atoms with Gasteiger partial charge in [0.25, 0.3) is 23.6 Å². The molecule has 0 unspecified atom stereocenters. The third kappa shape index (κ3) is 13.7. The Bertz CT molecular complexity index is 3960. The number of nitrogens with one attached hydrogen (secondary N) is 3. The molecule has 0 spiro atoms. The summed E-state index contributed by atoms with van der Waals surface area (Å²) in [4.78, 5) is 155. The Morgan fingerprint density at radius 2 is 1.38 bits per heavy atom. The fourth-order valence-corrected chi connectivity index (χ4v) is 14.6. The molecule has 10 bridgehead atoms. The summed E-state index contributed by atoms with van der Waals surface area (Å²) in [6.07, 6.45) is -2.58. The van der Waals surface area contributed by atoms with E-state index in [1.54, 1.807) is 48.9 Å². The lowest BCUT2D eigenvalue weighted by Crippen LogP contribution is -2.50. The molecule has 444 valence electrons. The highest BCUT2D eigenvalue weighted by molar-refractivity contribution is 7.15. The first-order valence-corrected chi connectivity index (χ1v) is 31.3. The van der Waals surface area contributed by atoms with Crippen molar-refractivity contribution in [2.24, 2.45) is 11.7 Å². The lowest BCUT2D eigenvalue weighted by atomic mass is 10.0. The van der Waals surface area contributed by atoms with Crippen LogP contribution in [0.25, 0.3) is 43.4 Å². The second-order valence-corrected chi connectivity index (χ2v) is 25.5. The SMILES string of the molecule is Cc1sc2nc1C(=O)NCc1nc(cs1)C(=O)N[C@@H](Cc1ccc(O)cc1)C(=O)N1C[C@H](O)[C@H](C)[C@H]1c1nc(cs1)-c1nc(cs1)-c1nc(-c3nc(C(=O)N(CCCC(=O)O)CC(=O)CC(=O)O)cs3)ccc1-c1nc(cs1)C(=O)N[C@H]2CC(N)=O. The number of rotatable bonds is 14. The Balaban J connectivity index is 1.04. The summed E-state index contributed by atoms with van der Waals surface area (Å²) in [6.45, 7) is 2.45. The van der Waals surface area contributed by atoms with E-state index in [2.05, 4.69) is 30.9 Å². The molecule has 0 aliphatic carbocycles. The average Bonchev–Trinajstić information content (AvgIpc) is 2.32. The number of aryl methyl sites for hydroxylation is 1. The minimum Gasteiger partial charge on any atom is -0.508 e. The zero-order valence-electron chi connectivity index (χ0n) is 45.1. The number of benzene rings is 1. The highest BCUT2D eigenvalue weighted by atomic mass is 32.1. The van der Waals surface area contributed by atoms with Crippen LogP contribution in [-0.2, 0) is 36.9 Å². The van der Waals surface area contributed by atoms with E-state index in [4.69, 9.17) is 25.7 Å². The number of aliphatic carboxylic acids is 2. The van der Waals surface area contributed by atoms with Crippen molar-refractivity contribution < 1.29 is 63.6 Å². The van der Waals surface area contributed by atoms with E-state index in [1.165, 1.54) is 55.8 Å². The fourth-order valence-electron chi connectivity index (χ4n) is 9.44. The second kappa shape index (κ2) is 25.9. The van der Waals surface area contributed by atoms with Crippen molar-refractivity contribution in [1.82, 2.24) is 60.6 Å². The van der Waals surface area contributed by atoms with Gasteiger partial charge in [-0.05, 0) is 43.2 Å². The first-order chi connectivity index (χ1) is 41.2. The number of phenols is 1. The molecule has 26 nitrogen and oxygen atoms in total. The molecule has 5 atom stereocenters. The number of carbonyl (C=O) groups excluding carboxylic acids is 7. The van der Waals surface area contributed by atoms with E-state index >= 15 is 0 Å². The Hall–Kier alpha value is -8.66. The maximum atomic E-state index is 15.0. The van der Waals surface area contributed by atoms with Crippen molar-refractivity contribution in [2.45, 2.75) is 76.7 Å². The van der Waals surface area contributed by atoms with Gasteiger partial charge >= 0.3 is 11.9 Å². The Morgan fingerprint density at radius 1 is 0.709 bits per heavy atom. The summed E-state index contributed by atoms with van der Waals surface area (Å²) in [6, 6.07) is 6.40. The van der Waals surface area contributed by atoms with Crippen LogP contribution in [0, 0.1) is 12.8 Å². The number of carboxylic acids is 2. The minimum absolute atomic E-state index is 0.000861. The van der Waals surface area contributed by atoms with Gasteiger partial charge in [-0.3, -0.25) is 43.2 Å². The third-order valence-electron chi connectivity index (χ3n) is 13.7. The first kappa shape index (κ1) is 60.5. The number of hydrogen-bond acceptors (Lipinski definition) is 24. The smallest absolute Gasteiger partial charge is 0.310 e. The topological polar surface area (TPSA) is 393 Å². The molecule has 0 radical (unpaired) electrons. The fraction of sp³-hybridized carbons (Fsp3) is 0.296. The summed E-state index contributed by atoms with van der Waals surface area (Å²) in [7, 11) is 0. The summed E-state index contributed by atoms with van der Waals surface area (Å²) < 4.78 is 0. The number of aliphatic hydroxyl groups is 1. The van der Waals surface area contributed by atoms with Crippen LogP contribution in [-0.4, -0.2) is 150 Å². The number of pyridine rings is 1. The second-order valence-electron chi connectivity index (χ2n) is 19.8. The molecule has 32 heteroatoms. The van der Waals surface area contributed by atoms with Crippen LogP contribution < -0.4 is 21.7 Å². The summed E-state index contributed by atoms with van der Waals surface area (Å²) >= 11 is 6.74. The average molecular weight is 1280 g/mol. The van der Waals surface area contributed by atoms with Crippen molar-refractivity contribution in [3.63, 3.8) is 0 Å². The zero-order chi connectivity index (χ0) is 61.1. The highest BCUT2D eigenvalue weighted by Crippen LogP contribution is 2.42. The van der Waals surface area contributed by atoms with Crippen LogP contribution in [0.5, 0.6) is 5.75 Å². The molecule has 2 aliphatic heterocycles. The number of hydrogen-bond donors (Lipinski definition) is 8. The number of amides is 6. The van der Waals surface area contributed by atoms with E-state index in [0.717, 1.165) is 50.2 Å². The number of phenolic OH excluding ortho intramolecular Hbond substituents is 1. The van der Waals surface area contributed by atoms with E-state index in [1.807, 2.05) is 0 Å². The molecule has 7 aromatic heterocycles. The molecule has 1 fully saturated rings. The monoisotopic (exact) mass is 1280 g/mol. The number of Topliss-reactive ketones (excluding diaryl/α,β-unsaturated/α-hetero) is 1. The summed E-state index contributed by atoms with van der Waals surface area (Å²) in [5.41, 5.74) is 7.72. The molecule has 6 amide bonds. The summed E-state index contributed by atoms with van der Waals surface area (Å²) in [5.74, 6) is -7.87. The molecule has 8 aromatic rings. The van der Waals surface area contributed by atoms with Gasteiger partial charge in [-0.25, -0.2) is 34.9 Å². The molecule has 10 rings (SSSR count). The van der Waals surface area contributed by atoms with Gasteiger partial charge in [-0.15, -0.1) is 68.0 Å². The van der Waals surface area contributed by atoms with Crippen molar-refractivity contribution >= 4 is 121 Å². The number of nitrogens with zero attached hydrogens (tertiary/aromatic N) is 9. The van der Waals surface area contributed by atoms with Crippen LogP contribution in [0.1, 0.15) is 112 Å². The quantitative estimate of drug-likeness (QED) is 0.0635. The van der Waals surface area contributed by atoms with E-state index in [0.29, 0.717) is 47.4 Å². The van der Waals surface area contributed by atoms with Gasteiger partial charge in [0.1, 0.15) is 88.1 Å². The van der Waals surface area contributed by atoms with Crippen molar-refractivity contribution in [2.75, 3.05) is 19.6 Å². The number of thiazole rings is 6. The van der Waals surface area contributed by atoms with E-state index < -0.39 is 96.3 Å². The third-order valence-corrected chi connectivity index (χ3v) is 19.1. The number of carboxylic acid groups (broad SMARTS) is 2. The number of nitrogens with two attached hydrogens (primary N) is 1. The molecular formula is C54H49N13O13S6. The van der Waals surface area contributed by atoms with Crippen LogP contribution >= 0.6 is 68.0 Å². The van der Waals surface area contributed by atoms with Gasteiger partial charge in [0.15, 0.2) is 5.78 Å². The highest BCUT2D eigenvalue weighted by Gasteiger charge is 2.45. The number of fused-ring (bicyclic) bond motifs is 16.